The van der Waals surface area contributed by atoms with Crippen LogP contribution in [-0.2, 0) is 13.0 Å². The number of H-pyrrole nitrogens is 1. The Hall–Kier alpha value is -3.76. The highest BCUT2D eigenvalue weighted by atomic mass is 16.7. The van der Waals surface area contributed by atoms with E-state index in [2.05, 4.69) is 67.6 Å². The quantitative estimate of drug-likeness (QED) is 0.362. The summed E-state index contributed by atoms with van der Waals surface area (Å²) < 4.78 is 13.1. The molecule has 4 heterocycles. The molecule has 1 N–H and O–H groups in total. The van der Waals surface area contributed by atoms with Gasteiger partial charge in [-0.05, 0) is 76.5 Å². The zero-order valence-corrected chi connectivity index (χ0v) is 23.6. The van der Waals surface area contributed by atoms with Crippen molar-refractivity contribution in [1.29, 1.82) is 0 Å². The van der Waals surface area contributed by atoms with E-state index in [0.29, 0.717) is 5.56 Å². The molecule has 1 atom stereocenters. The van der Waals surface area contributed by atoms with Crippen LogP contribution in [0.25, 0.3) is 10.9 Å². The molecule has 41 heavy (non-hydrogen) atoms. The van der Waals surface area contributed by atoms with E-state index in [1.807, 2.05) is 16.8 Å². The smallest absolute Gasteiger partial charge is 0.253 e. The van der Waals surface area contributed by atoms with Crippen molar-refractivity contribution in [3.8, 4) is 11.5 Å². The molecule has 2 aliphatic heterocycles. The zero-order valence-electron chi connectivity index (χ0n) is 23.6. The number of tetrazole rings is 1. The van der Waals surface area contributed by atoms with E-state index in [1.54, 1.807) is 0 Å². The molecule has 0 bridgehead atoms. The van der Waals surface area contributed by atoms with Crippen LogP contribution < -0.4 is 15.0 Å². The number of aryl methyl sites for hydroxylation is 1. The standard InChI is InChI=1S/C31H37N7O3/c1-2-21-8-10-26-23(16-21)18-25(31(39)32-26)29(30-33-34-35-38(30)24-6-4-3-5-7-24)37-14-12-36(13-15-37)19-22-9-11-27-28(17-22)41-20-40-27/h8-11,16-18,24,29H,2-7,12-15,19-20H2,1H3,(H,32,39)/t29-/m1/s1. The highest BCUT2D eigenvalue weighted by Gasteiger charge is 2.34. The summed E-state index contributed by atoms with van der Waals surface area (Å²) in [6.45, 7) is 6.64. The molecule has 2 fully saturated rings. The van der Waals surface area contributed by atoms with Crippen LogP contribution in [0, 0.1) is 0 Å². The number of benzene rings is 2. The minimum Gasteiger partial charge on any atom is -0.454 e. The minimum absolute atomic E-state index is 0.0762. The first-order valence-electron chi connectivity index (χ1n) is 14.9. The number of piperazine rings is 1. The minimum atomic E-state index is -0.321. The molecule has 4 aromatic rings. The number of nitrogens with one attached hydrogen (secondary N) is 1. The second-order valence-electron chi connectivity index (χ2n) is 11.5. The Kier molecular flexibility index (Phi) is 7.18. The lowest BCUT2D eigenvalue weighted by Gasteiger charge is -2.39. The van der Waals surface area contributed by atoms with Crippen molar-refractivity contribution in [1.82, 2.24) is 35.0 Å². The van der Waals surface area contributed by atoms with Gasteiger partial charge in [0.2, 0.25) is 6.79 Å². The van der Waals surface area contributed by atoms with Crippen molar-refractivity contribution in [3.05, 3.63) is 75.3 Å². The predicted molar refractivity (Wildman–Crippen MR) is 155 cm³/mol. The normalized spacial score (nSPS) is 19.1. The summed E-state index contributed by atoms with van der Waals surface area (Å²) in [4.78, 5) is 21.7. The third-order valence-corrected chi connectivity index (χ3v) is 8.94. The van der Waals surface area contributed by atoms with Crippen LogP contribution in [0.3, 0.4) is 0 Å². The number of ether oxygens (including phenoxy) is 2. The average Bonchev–Trinajstić information content (AvgIpc) is 3.68. The summed E-state index contributed by atoms with van der Waals surface area (Å²) >= 11 is 0. The lowest BCUT2D eigenvalue weighted by Crippen LogP contribution is -2.48. The SMILES string of the molecule is CCc1ccc2[nH]c(=O)c([C@H](c3nnnn3C3CCCCC3)N3CCN(Cc4ccc5c(c4)OCO5)CC3)cc2c1. The van der Waals surface area contributed by atoms with Crippen LogP contribution in [0.2, 0.25) is 0 Å². The summed E-state index contributed by atoms with van der Waals surface area (Å²) in [6, 6.07) is 14.5. The molecule has 10 nitrogen and oxygen atoms in total. The predicted octanol–water partition coefficient (Wildman–Crippen LogP) is 4.22. The Balaban J connectivity index is 1.20. The van der Waals surface area contributed by atoms with E-state index in [0.717, 1.165) is 80.2 Å². The van der Waals surface area contributed by atoms with E-state index in [4.69, 9.17) is 9.47 Å². The summed E-state index contributed by atoms with van der Waals surface area (Å²) in [5.41, 5.74) is 3.94. The van der Waals surface area contributed by atoms with Gasteiger partial charge < -0.3 is 14.5 Å². The van der Waals surface area contributed by atoms with E-state index in [9.17, 15) is 4.79 Å². The van der Waals surface area contributed by atoms with Gasteiger partial charge in [-0.15, -0.1) is 5.10 Å². The van der Waals surface area contributed by atoms with Crippen molar-refractivity contribution in [2.24, 2.45) is 0 Å². The molecule has 0 radical (unpaired) electrons. The van der Waals surface area contributed by atoms with Gasteiger partial charge in [-0.2, -0.15) is 0 Å². The zero-order chi connectivity index (χ0) is 27.8. The first kappa shape index (κ1) is 26.2. The molecule has 1 saturated carbocycles. The van der Waals surface area contributed by atoms with Crippen LogP contribution in [0.1, 0.15) is 73.6 Å². The molecule has 1 aliphatic carbocycles. The van der Waals surface area contributed by atoms with Crippen LogP contribution >= 0.6 is 0 Å². The van der Waals surface area contributed by atoms with Crippen molar-refractivity contribution >= 4 is 10.9 Å². The van der Waals surface area contributed by atoms with Crippen LogP contribution in [-0.4, -0.2) is 68.0 Å². The van der Waals surface area contributed by atoms with E-state index < -0.39 is 0 Å². The third kappa shape index (κ3) is 5.22. The first-order chi connectivity index (χ1) is 20.2. The topological polar surface area (TPSA) is 101 Å². The highest BCUT2D eigenvalue weighted by molar-refractivity contribution is 5.80. The summed E-state index contributed by atoms with van der Waals surface area (Å²) in [7, 11) is 0. The number of pyridine rings is 1. The number of fused-ring (bicyclic) bond motifs is 2. The lowest BCUT2D eigenvalue weighted by atomic mass is 9.95. The number of nitrogens with zero attached hydrogens (tertiary/aromatic N) is 6. The number of hydrogen-bond acceptors (Lipinski definition) is 8. The van der Waals surface area contributed by atoms with E-state index >= 15 is 0 Å². The Morgan fingerprint density at radius 2 is 1.76 bits per heavy atom. The molecular formula is C31H37N7O3. The molecule has 2 aromatic carbocycles. The number of aromatic amines is 1. The Morgan fingerprint density at radius 3 is 2.59 bits per heavy atom. The van der Waals surface area contributed by atoms with Gasteiger partial charge in [0.1, 0.15) is 6.04 Å². The molecule has 3 aliphatic rings. The molecular weight excluding hydrogens is 518 g/mol. The van der Waals surface area contributed by atoms with Gasteiger partial charge in [-0.1, -0.05) is 38.3 Å². The van der Waals surface area contributed by atoms with Crippen LogP contribution in [0.4, 0.5) is 0 Å². The van der Waals surface area contributed by atoms with Gasteiger partial charge in [-0.3, -0.25) is 14.6 Å². The average molecular weight is 556 g/mol. The van der Waals surface area contributed by atoms with Crippen molar-refractivity contribution < 1.29 is 9.47 Å². The third-order valence-electron chi connectivity index (χ3n) is 8.94. The maximum atomic E-state index is 13.7. The maximum Gasteiger partial charge on any atom is 0.253 e. The molecule has 0 amide bonds. The van der Waals surface area contributed by atoms with Crippen molar-refractivity contribution in [2.45, 2.75) is 64.1 Å². The molecule has 1 saturated heterocycles. The van der Waals surface area contributed by atoms with Gasteiger partial charge in [0.05, 0.1) is 6.04 Å². The number of aromatic nitrogens is 5. The van der Waals surface area contributed by atoms with Gasteiger partial charge in [0.15, 0.2) is 17.3 Å². The summed E-state index contributed by atoms with van der Waals surface area (Å²) in [5, 5.41) is 14.3. The van der Waals surface area contributed by atoms with Crippen molar-refractivity contribution in [3.63, 3.8) is 0 Å². The fraction of sp³-hybridized carbons (Fsp3) is 0.484. The van der Waals surface area contributed by atoms with Crippen LogP contribution in [0.15, 0.2) is 47.3 Å². The largest absolute Gasteiger partial charge is 0.454 e. The van der Waals surface area contributed by atoms with Crippen LogP contribution in [0.5, 0.6) is 11.5 Å². The van der Waals surface area contributed by atoms with E-state index in [-0.39, 0.29) is 24.4 Å². The van der Waals surface area contributed by atoms with Gasteiger partial charge in [0.25, 0.3) is 5.56 Å². The molecule has 10 heteroatoms. The highest BCUT2D eigenvalue weighted by Crippen LogP contribution is 2.35. The molecule has 0 unspecified atom stereocenters. The van der Waals surface area contributed by atoms with Gasteiger partial charge >= 0.3 is 0 Å². The Bertz CT molecular complexity index is 1580. The maximum absolute atomic E-state index is 13.7. The Morgan fingerprint density at radius 1 is 0.951 bits per heavy atom. The Labute approximate surface area is 239 Å². The molecule has 2 aromatic heterocycles. The fourth-order valence-electron chi connectivity index (χ4n) is 6.64. The van der Waals surface area contributed by atoms with Gasteiger partial charge in [0, 0.05) is 43.8 Å². The van der Waals surface area contributed by atoms with Crippen molar-refractivity contribution in [2.75, 3.05) is 33.0 Å². The summed E-state index contributed by atoms with van der Waals surface area (Å²) in [5.74, 6) is 2.40. The van der Waals surface area contributed by atoms with Gasteiger partial charge in [-0.25, -0.2) is 4.68 Å². The molecule has 214 valence electrons. The summed E-state index contributed by atoms with van der Waals surface area (Å²) in [6.07, 6.45) is 6.71. The second-order valence-corrected chi connectivity index (χ2v) is 11.5. The second kappa shape index (κ2) is 11.3. The molecule has 0 spiro atoms. The molecule has 7 rings (SSSR count). The fourth-order valence-corrected chi connectivity index (χ4v) is 6.64. The van der Waals surface area contributed by atoms with E-state index in [1.165, 1.54) is 30.4 Å². The first-order valence-corrected chi connectivity index (χ1v) is 14.9. The lowest BCUT2D eigenvalue weighted by molar-refractivity contribution is 0.0982. The number of rotatable bonds is 7. The number of hydrogen-bond donors (Lipinski definition) is 1. The monoisotopic (exact) mass is 555 g/mol.